The molecule has 3 unspecified atom stereocenters. The molecule has 4 atom stereocenters. The number of fused-ring (bicyclic) bond motifs is 6. The van der Waals surface area contributed by atoms with Crippen LogP contribution in [0, 0.1) is 11.3 Å². The Kier molecular flexibility index (Phi) is 15.9. The highest BCUT2D eigenvalue weighted by molar-refractivity contribution is 6.00. The zero-order chi connectivity index (χ0) is 49.6. The third kappa shape index (κ3) is 11.1. The fourth-order valence-electron chi connectivity index (χ4n) is 8.94. The molecule has 2 aromatic heterocycles. The number of hydrogen-bond donors (Lipinski definition) is 4. The Bertz CT molecular complexity index is 2660. The van der Waals surface area contributed by atoms with Crippen molar-refractivity contribution in [1.82, 2.24) is 34.8 Å². The van der Waals surface area contributed by atoms with Gasteiger partial charge in [0.15, 0.2) is 0 Å². The van der Waals surface area contributed by atoms with Crippen LogP contribution in [0.5, 0.6) is 5.75 Å². The average molecular weight is 932 g/mol. The number of imidazole rings is 1. The Balaban J connectivity index is 1.45. The molecule has 1 fully saturated rings. The number of carbonyl (C=O) groups excluding carboxylic acids is 5. The van der Waals surface area contributed by atoms with Gasteiger partial charge in [-0.05, 0) is 97.7 Å². The van der Waals surface area contributed by atoms with E-state index in [1.807, 2.05) is 39.0 Å². The molecule has 68 heavy (non-hydrogen) atoms. The Morgan fingerprint density at radius 1 is 1.13 bits per heavy atom. The van der Waals surface area contributed by atoms with Crippen molar-refractivity contribution in [3.63, 3.8) is 0 Å². The summed E-state index contributed by atoms with van der Waals surface area (Å²) in [5.74, 6) is -2.97. The number of allylic oxidation sites excluding steroid dienone is 1. The Hall–Kier alpha value is -6.85. The first-order chi connectivity index (χ1) is 32.3. The van der Waals surface area contributed by atoms with E-state index in [2.05, 4.69) is 62.8 Å². The van der Waals surface area contributed by atoms with Crippen LogP contribution in [0.1, 0.15) is 81.8 Å². The number of esters is 1. The quantitative estimate of drug-likeness (QED) is 0.0704. The molecule has 0 saturated carbocycles. The minimum Gasteiger partial charge on any atom is -0.508 e. The van der Waals surface area contributed by atoms with Crippen molar-refractivity contribution in [3.05, 3.63) is 96.2 Å². The van der Waals surface area contributed by atoms with E-state index in [1.165, 1.54) is 27.7 Å². The number of rotatable bonds is 13. The number of aromatic nitrogens is 3. The van der Waals surface area contributed by atoms with Gasteiger partial charge < -0.3 is 39.2 Å². The first-order valence-corrected chi connectivity index (χ1v) is 23.0. The number of nitrogens with zero attached hydrogens (tertiary/aromatic N) is 6. The van der Waals surface area contributed by atoms with Gasteiger partial charge in [0.25, 0.3) is 11.8 Å². The highest BCUT2D eigenvalue weighted by Gasteiger charge is 2.38. The van der Waals surface area contributed by atoms with Gasteiger partial charge in [0.1, 0.15) is 29.7 Å². The molecule has 0 spiro atoms. The molecule has 1 saturated heterocycles. The summed E-state index contributed by atoms with van der Waals surface area (Å²) < 4.78 is 15.4. The standard InChI is InChI=1S/C51H65N9O8/c1-12-19-52-39(31(6)67-11)26-42-37-27-51(7,8)29-68-50(66)38-16-15-20-60(56-38)48(64)40(23-32-21-34(24-35(61)22-32)33-17-18-41(36(37)25-33)59(42)14-3)54-47(63)45(30(4)5)58(10)49(65)46-53-28-43(57(46)9)55-44(62)13-2/h12-13,17-19,21-22,24-26,28,30-31,38,40,45,56,61H,1-2,14-16,20,23,27,29H2,3-11H3,(H,54,63)(H,55,62)/b39-26+,52-19?/t31?,38-,40?,45?/m0/s1. The van der Waals surface area contributed by atoms with E-state index < -0.39 is 59.1 Å². The number of hydrazine groups is 1. The number of cyclic esters (lactones) is 1. The highest BCUT2D eigenvalue weighted by atomic mass is 16.5. The number of methoxy groups -OCH3 is 1. The molecular formula is C51H65N9O8. The second kappa shape index (κ2) is 21.4. The SMILES string of the molecule is C=CC=N/C(=C/c1c2c3cc(ccc3n1CC)-c1cc(O)cc(c1)CC(NC(=O)C(C(C)C)N(C)C(=O)c1ncc(NC(=O)C=C)n1C)C(=O)N1CCC[C@H](N1)C(=O)OCC(C)(C)C2)C(C)OC. The van der Waals surface area contributed by atoms with Crippen LogP contribution >= 0.6 is 0 Å². The van der Waals surface area contributed by atoms with Gasteiger partial charge in [-0.2, -0.15) is 0 Å². The molecule has 4 amide bonds. The lowest BCUT2D eigenvalue weighted by Crippen LogP contribution is -2.62. The number of ether oxygens (including phenoxy) is 2. The number of phenolic OH excluding ortho intramolecular Hbond substituents is 1. The zero-order valence-electron chi connectivity index (χ0n) is 40.6. The summed E-state index contributed by atoms with van der Waals surface area (Å²) in [5, 5.41) is 19.2. The van der Waals surface area contributed by atoms with Gasteiger partial charge >= 0.3 is 5.97 Å². The van der Waals surface area contributed by atoms with Crippen LogP contribution in [-0.2, 0) is 55.1 Å². The smallest absolute Gasteiger partial charge is 0.324 e. The number of aryl methyl sites for hydroxylation is 1. The van der Waals surface area contributed by atoms with Crippen molar-refractivity contribution in [2.45, 2.75) is 98.0 Å². The third-order valence-corrected chi connectivity index (χ3v) is 12.5. The molecule has 4 aromatic rings. The average Bonchev–Trinajstić information content (AvgIpc) is 3.81. The molecule has 4 heterocycles. The number of benzene rings is 2. The van der Waals surface area contributed by atoms with Gasteiger partial charge in [0.2, 0.25) is 17.6 Å². The van der Waals surface area contributed by atoms with Crippen molar-refractivity contribution in [3.8, 4) is 16.9 Å². The van der Waals surface area contributed by atoms with E-state index in [1.54, 1.807) is 52.4 Å². The Morgan fingerprint density at radius 3 is 2.56 bits per heavy atom. The number of nitrogens with one attached hydrogen (secondary N) is 3. The number of anilines is 1. The van der Waals surface area contributed by atoms with Crippen molar-refractivity contribution >= 4 is 58.6 Å². The number of carbonyl (C=O) groups is 5. The molecule has 0 radical (unpaired) electrons. The predicted octanol–water partition coefficient (Wildman–Crippen LogP) is 5.97. The van der Waals surface area contributed by atoms with E-state index in [0.29, 0.717) is 42.6 Å². The van der Waals surface area contributed by atoms with Crippen molar-refractivity contribution in [2.75, 3.05) is 32.6 Å². The topological polar surface area (TPSA) is 202 Å². The second-order valence-electron chi connectivity index (χ2n) is 18.5. The lowest BCUT2D eigenvalue weighted by atomic mass is 9.85. The van der Waals surface area contributed by atoms with E-state index in [9.17, 15) is 29.1 Å². The van der Waals surface area contributed by atoms with E-state index in [0.717, 1.165) is 33.8 Å². The van der Waals surface area contributed by atoms with Gasteiger partial charge in [0.05, 0.1) is 24.6 Å². The van der Waals surface area contributed by atoms with Crippen LogP contribution < -0.4 is 16.1 Å². The monoisotopic (exact) mass is 931 g/mol. The number of likely N-dealkylation sites (N-methyl/N-ethyl adjacent to an activating group) is 1. The van der Waals surface area contributed by atoms with E-state index >= 15 is 0 Å². The van der Waals surface area contributed by atoms with Crippen molar-refractivity contribution < 1.29 is 38.6 Å². The molecule has 362 valence electrons. The van der Waals surface area contributed by atoms with Crippen molar-refractivity contribution in [2.24, 2.45) is 23.4 Å². The molecule has 6 bridgehead atoms. The molecule has 17 nitrogen and oxygen atoms in total. The van der Waals surface area contributed by atoms with E-state index in [-0.39, 0.29) is 43.1 Å². The fourth-order valence-corrected chi connectivity index (χ4v) is 8.94. The first-order valence-electron chi connectivity index (χ1n) is 23.0. The molecule has 4 N–H and O–H groups in total. The summed E-state index contributed by atoms with van der Waals surface area (Å²) in [6, 6.07) is 8.11. The summed E-state index contributed by atoms with van der Waals surface area (Å²) in [7, 11) is 4.68. The second-order valence-corrected chi connectivity index (χ2v) is 18.5. The van der Waals surface area contributed by atoms with Gasteiger partial charge in [-0.1, -0.05) is 59.1 Å². The maximum Gasteiger partial charge on any atom is 0.324 e. The molecular weight excluding hydrogens is 867 g/mol. The number of aromatic hydroxyl groups is 1. The zero-order valence-corrected chi connectivity index (χ0v) is 40.6. The lowest BCUT2D eigenvalue weighted by molar-refractivity contribution is -0.155. The maximum absolute atomic E-state index is 14.7. The van der Waals surface area contributed by atoms with Crippen molar-refractivity contribution in [1.29, 1.82) is 0 Å². The Morgan fingerprint density at radius 2 is 1.88 bits per heavy atom. The lowest BCUT2D eigenvalue weighted by Gasteiger charge is -2.36. The summed E-state index contributed by atoms with van der Waals surface area (Å²) >= 11 is 0. The minimum atomic E-state index is -1.22. The van der Waals surface area contributed by atoms with Gasteiger partial charge in [-0.3, -0.25) is 34.0 Å². The Labute approximate surface area is 397 Å². The molecule has 0 aliphatic carbocycles. The normalized spacial score (nSPS) is 18.7. The van der Waals surface area contributed by atoms with Crippen LogP contribution in [0.25, 0.3) is 28.1 Å². The van der Waals surface area contributed by atoms with Crippen LogP contribution in [0.3, 0.4) is 0 Å². The summed E-state index contributed by atoms with van der Waals surface area (Å²) in [4.78, 5) is 79.3. The van der Waals surface area contributed by atoms with Crippen LogP contribution in [0.4, 0.5) is 5.82 Å². The minimum absolute atomic E-state index is 0.0314. The molecule has 6 rings (SSSR count). The molecule has 2 aromatic carbocycles. The fraction of sp³-hybridized carbons (Fsp3) is 0.431. The highest BCUT2D eigenvalue weighted by Crippen LogP contribution is 2.38. The third-order valence-electron chi connectivity index (χ3n) is 12.5. The van der Waals surface area contributed by atoms with Gasteiger partial charge in [-0.25, -0.2) is 10.4 Å². The first kappa shape index (κ1) is 50.6. The van der Waals surface area contributed by atoms with Gasteiger partial charge in [0, 0.05) is 68.9 Å². The summed E-state index contributed by atoms with van der Waals surface area (Å²) in [6.45, 7) is 19.9. The number of amides is 4. The summed E-state index contributed by atoms with van der Waals surface area (Å²) in [5.41, 5.74) is 8.18. The molecule has 2 aliphatic rings. The van der Waals surface area contributed by atoms with Gasteiger partial charge in [-0.15, -0.1) is 0 Å². The molecule has 2 aliphatic heterocycles. The van der Waals surface area contributed by atoms with Crippen LogP contribution in [0.2, 0.25) is 0 Å². The van der Waals surface area contributed by atoms with Crippen LogP contribution in [0.15, 0.2) is 78.6 Å². The summed E-state index contributed by atoms with van der Waals surface area (Å²) in [6.07, 6.45) is 8.74. The maximum atomic E-state index is 14.7. The van der Waals surface area contributed by atoms with Crippen LogP contribution in [-0.4, -0.2) is 116 Å². The largest absolute Gasteiger partial charge is 0.508 e. The predicted molar refractivity (Wildman–Crippen MR) is 263 cm³/mol. The number of phenols is 1. The van der Waals surface area contributed by atoms with E-state index in [4.69, 9.17) is 9.47 Å². The molecule has 17 heteroatoms. The number of hydrogen-bond acceptors (Lipinski definition) is 11. The number of aliphatic imine (C=N–C) groups is 1.